The Morgan fingerprint density at radius 3 is 3.00 bits per heavy atom. The number of hydrazine groups is 1. The Hall–Kier alpha value is -0.600. The third-order valence-corrected chi connectivity index (χ3v) is 4.08. The molecule has 0 bridgehead atoms. The van der Waals surface area contributed by atoms with Gasteiger partial charge in [-0.25, -0.2) is 10.4 Å². The molecule has 0 radical (unpaired) electrons. The summed E-state index contributed by atoms with van der Waals surface area (Å²) >= 11 is 0. The Labute approximate surface area is 98.4 Å². The predicted molar refractivity (Wildman–Crippen MR) is 66.7 cm³/mol. The van der Waals surface area contributed by atoms with E-state index in [2.05, 4.69) is 28.7 Å². The Balaban J connectivity index is 1.48. The molecule has 1 saturated heterocycles. The summed E-state index contributed by atoms with van der Waals surface area (Å²) in [6.07, 6.45) is 17.2. The molecule has 0 amide bonds. The van der Waals surface area contributed by atoms with Crippen molar-refractivity contribution < 1.29 is 0 Å². The molecule has 1 N–H and O–H groups in total. The van der Waals surface area contributed by atoms with E-state index < -0.39 is 0 Å². The quantitative estimate of drug-likeness (QED) is 0.582. The van der Waals surface area contributed by atoms with Crippen LogP contribution in [-0.2, 0) is 0 Å². The Morgan fingerprint density at radius 1 is 1.25 bits per heavy atom. The van der Waals surface area contributed by atoms with Gasteiger partial charge in [-0.05, 0) is 50.9 Å². The molecule has 88 valence electrons. The van der Waals surface area contributed by atoms with E-state index in [0.717, 1.165) is 5.92 Å². The van der Waals surface area contributed by atoms with Gasteiger partial charge in [0.15, 0.2) is 0 Å². The van der Waals surface area contributed by atoms with Gasteiger partial charge in [0.1, 0.15) is 0 Å². The molecule has 3 rings (SSSR count). The molecule has 3 unspecified atom stereocenters. The lowest BCUT2D eigenvalue weighted by Gasteiger charge is -2.17. The number of nitrogens with zero attached hydrogens (tertiary/aromatic N) is 1. The van der Waals surface area contributed by atoms with Crippen LogP contribution < -0.4 is 5.43 Å². The molecule has 1 aliphatic heterocycles. The minimum atomic E-state index is 0.674. The molecule has 2 heteroatoms. The molecule has 0 aromatic carbocycles. The smallest absolute Gasteiger partial charge is 0.0898 e. The molecular formula is C14H22N2. The van der Waals surface area contributed by atoms with Crippen molar-refractivity contribution in [3.63, 3.8) is 0 Å². The van der Waals surface area contributed by atoms with Gasteiger partial charge in [-0.2, -0.15) is 0 Å². The Kier molecular flexibility index (Phi) is 3.11. The number of hydrogen-bond acceptors (Lipinski definition) is 2. The highest BCUT2D eigenvalue weighted by Crippen LogP contribution is 2.31. The number of allylic oxidation sites excluding steroid dienone is 3. The highest BCUT2D eigenvalue weighted by Gasteiger charge is 2.39. The van der Waals surface area contributed by atoms with Crippen molar-refractivity contribution in [2.24, 2.45) is 5.92 Å². The fourth-order valence-electron chi connectivity index (χ4n) is 3.01. The molecular weight excluding hydrogens is 196 g/mol. The zero-order chi connectivity index (χ0) is 10.8. The van der Waals surface area contributed by atoms with Crippen molar-refractivity contribution in [3.05, 3.63) is 23.8 Å². The molecule has 0 spiro atoms. The van der Waals surface area contributed by atoms with Gasteiger partial charge in [0, 0.05) is 6.54 Å². The molecule has 0 aromatic heterocycles. The van der Waals surface area contributed by atoms with E-state index in [1.165, 1.54) is 51.5 Å². The van der Waals surface area contributed by atoms with Crippen LogP contribution in [0.3, 0.4) is 0 Å². The second kappa shape index (κ2) is 4.72. The lowest BCUT2D eigenvalue weighted by Crippen LogP contribution is -2.16. The van der Waals surface area contributed by atoms with Gasteiger partial charge in [0.05, 0.1) is 6.17 Å². The molecule has 16 heavy (non-hydrogen) atoms. The van der Waals surface area contributed by atoms with E-state index >= 15 is 0 Å². The zero-order valence-electron chi connectivity index (χ0n) is 9.99. The van der Waals surface area contributed by atoms with E-state index in [1.54, 1.807) is 5.57 Å². The molecule has 3 atom stereocenters. The number of hydrogen-bond donors (Lipinski definition) is 1. The minimum absolute atomic E-state index is 0.674. The summed E-state index contributed by atoms with van der Waals surface area (Å²) in [4.78, 5) is 0. The summed E-state index contributed by atoms with van der Waals surface area (Å²) in [5.74, 6) is 0.856. The van der Waals surface area contributed by atoms with Gasteiger partial charge >= 0.3 is 0 Å². The highest BCUT2D eigenvalue weighted by molar-refractivity contribution is 5.09. The van der Waals surface area contributed by atoms with Crippen LogP contribution in [0.15, 0.2) is 23.8 Å². The molecule has 0 saturated carbocycles. The summed E-state index contributed by atoms with van der Waals surface area (Å²) in [5, 5.41) is 2.45. The van der Waals surface area contributed by atoms with Crippen LogP contribution in [0.4, 0.5) is 0 Å². The van der Waals surface area contributed by atoms with E-state index in [9.17, 15) is 0 Å². The number of nitrogens with one attached hydrogen (secondary N) is 1. The zero-order valence-corrected chi connectivity index (χ0v) is 9.99. The van der Waals surface area contributed by atoms with Crippen molar-refractivity contribution >= 4 is 0 Å². The maximum atomic E-state index is 3.54. The van der Waals surface area contributed by atoms with Crippen molar-refractivity contribution in [2.75, 3.05) is 6.54 Å². The first-order valence-electron chi connectivity index (χ1n) is 6.79. The van der Waals surface area contributed by atoms with E-state index in [0.29, 0.717) is 6.17 Å². The van der Waals surface area contributed by atoms with Crippen LogP contribution in [0.25, 0.3) is 0 Å². The maximum Gasteiger partial charge on any atom is 0.0898 e. The standard InChI is InChI=1S/C14H22N2/c1-3-7-12(8-4-1)11-16-14(15-16)13-9-5-2-6-10-13/h2,5,7,13-15H,1,3-4,6,8-11H2. The van der Waals surface area contributed by atoms with Gasteiger partial charge in [-0.1, -0.05) is 23.8 Å². The summed E-state index contributed by atoms with van der Waals surface area (Å²) in [5.41, 5.74) is 5.20. The fourth-order valence-corrected chi connectivity index (χ4v) is 3.01. The van der Waals surface area contributed by atoms with Gasteiger partial charge in [0.2, 0.25) is 0 Å². The first kappa shape index (κ1) is 10.5. The third-order valence-electron chi connectivity index (χ3n) is 4.08. The molecule has 0 aromatic rings. The Bertz CT molecular complexity index is 306. The van der Waals surface area contributed by atoms with Gasteiger partial charge < -0.3 is 0 Å². The van der Waals surface area contributed by atoms with Crippen molar-refractivity contribution in [1.82, 2.24) is 10.4 Å². The van der Waals surface area contributed by atoms with Crippen LogP contribution in [-0.4, -0.2) is 17.7 Å². The largest absolute Gasteiger partial charge is 0.235 e. The van der Waals surface area contributed by atoms with Crippen LogP contribution in [0.1, 0.15) is 44.9 Å². The second-order valence-corrected chi connectivity index (χ2v) is 5.35. The third kappa shape index (κ3) is 2.38. The minimum Gasteiger partial charge on any atom is -0.235 e. The van der Waals surface area contributed by atoms with E-state index in [1.807, 2.05) is 0 Å². The normalized spacial score (nSPS) is 38.2. The lowest BCUT2D eigenvalue weighted by molar-refractivity contribution is 0.391. The van der Waals surface area contributed by atoms with Crippen molar-refractivity contribution in [1.29, 1.82) is 0 Å². The topological polar surface area (TPSA) is 25.0 Å². The molecule has 1 heterocycles. The average Bonchev–Trinajstić information content (AvgIpc) is 3.11. The second-order valence-electron chi connectivity index (χ2n) is 5.35. The average molecular weight is 218 g/mol. The molecule has 3 aliphatic rings. The van der Waals surface area contributed by atoms with Crippen LogP contribution >= 0.6 is 0 Å². The van der Waals surface area contributed by atoms with Gasteiger partial charge in [-0.3, -0.25) is 0 Å². The number of rotatable bonds is 3. The monoisotopic (exact) mass is 218 g/mol. The summed E-state index contributed by atoms with van der Waals surface area (Å²) < 4.78 is 0. The van der Waals surface area contributed by atoms with E-state index in [-0.39, 0.29) is 0 Å². The van der Waals surface area contributed by atoms with Crippen LogP contribution in [0, 0.1) is 5.92 Å². The molecule has 2 aliphatic carbocycles. The summed E-state index contributed by atoms with van der Waals surface area (Å²) in [6.45, 7) is 1.17. The Morgan fingerprint density at radius 2 is 2.25 bits per heavy atom. The fraction of sp³-hybridized carbons (Fsp3) is 0.714. The summed E-state index contributed by atoms with van der Waals surface area (Å²) in [7, 11) is 0. The lowest BCUT2D eigenvalue weighted by atomic mass is 9.93. The predicted octanol–water partition coefficient (Wildman–Crippen LogP) is 2.99. The van der Waals surface area contributed by atoms with Crippen LogP contribution in [0.5, 0.6) is 0 Å². The molecule has 2 nitrogen and oxygen atoms in total. The SMILES string of the molecule is C1=CCC(C2NN2CC2=CCCCC2)CC1. The molecule has 1 fully saturated rings. The maximum absolute atomic E-state index is 3.54. The summed E-state index contributed by atoms with van der Waals surface area (Å²) in [6, 6.07) is 0. The van der Waals surface area contributed by atoms with Crippen LogP contribution in [0.2, 0.25) is 0 Å². The van der Waals surface area contributed by atoms with E-state index in [4.69, 9.17) is 0 Å². The highest BCUT2D eigenvalue weighted by atomic mass is 15.7. The van der Waals surface area contributed by atoms with Gasteiger partial charge in [0.25, 0.3) is 0 Å². The van der Waals surface area contributed by atoms with Gasteiger partial charge in [-0.15, -0.1) is 0 Å². The first-order chi connectivity index (χ1) is 7.93. The van der Waals surface area contributed by atoms with Crippen molar-refractivity contribution in [2.45, 2.75) is 51.1 Å². The van der Waals surface area contributed by atoms with Crippen molar-refractivity contribution in [3.8, 4) is 0 Å². The first-order valence-corrected chi connectivity index (χ1v) is 6.79.